The fourth-order valence-electron chi connectivity index (χ4n) is 2.12. The summed E-state index contributed by atoms with van der Waals surface area (Å²) >= 11 is 0. The number of fused-ring (bicyclic) bond motifs is 1. The fraction of sp³-hybridized carbons (Fsp3) is 0.235. The Morgan fingerprint density at radius 1 is 0.842 bits per heavy atom. The lowest BCUT2D eigenvalue weighted by Crippen LogP contribution is -1.91. The quantitative estimate of drug-likeness (QED) is 0.736. The van der Waals surface area contributed by atoms with E-state index in [9.17, 15) is 0 Å². The van der Waals surface area contributed by atoms with E-state index < -0.39 is 0 Å². The van der Waals surface area contributed by atoms with E-state index in [0.29, 0.717) is 0 Å². The van der Waals surface area contributed by atoms with Crippen LogP contribution < -0.4 is 0 Å². The van der Waals surface area contributed by atoms with Crippen LogP contribution in [0.4, 0.5) is 0 Å². The predicted molar refractivity (Wildman–Crippen MR) is 81.3 cm³/mol. The molecule has 1 aromatic heterocycles. The molecule has 0 fully saturated rings. The predicted octanol–water partition coefficient (Wildman–Crippen LogP) is 4.37. The number of para-hydroxylation sites is 1. The molecule has 3 aromatic rings. The molecule has 0 radical (unpaired) electrons. The highest BCUT2D eigenvalue weighted by atomic mass is 15.1. The first-order valence-electron chi connectivity index (χ1n) is 6.89. The maximum absolute atomic E-state index is 4.31. The third kappa shape index (κ3) is 3.22. The summed E-state index contributed by atoms with van der Waals surface area (Å²) in [6.07, 6.45) is 2.05. The van der Waals surface area contributed by atoms with Gasteiger partial charge in [0.05, 0.1) is 5.52 Å². The van der Waals surface area contributed by atoms with Gasteiger partial charge in [-0.3, -0.25) is 5.10 Å². The molecule has 0 amide bonds. The fourth-order valence-corrected chi connectivity index (χ4v) is 2.12. The van der Waals surface area contributed by atoms with E-state index in [4.69, 9.17) is 0 Å². The molecule has 0 atom stereocenters. The molecule has 1 N–H and O–H groups in total. The number of nitrogens with one attached hydrogen (secondary N) is 1. The summed E-state index contributed by atoms with van der Waals surface area (Å²) in [6.45, 7) is 4.00. The van der Waals surface area contributed by atoms with Crippen LogP contribution in [0.5, 0.6) is 0 Å². The zero-order valence-corrected chi connectivity index (χ0v) is 11.6. The third-order valence-corrected chi connectivity index (χ3v) is 3.05. The Labute approximate surface area is 114 Å². The Balaban J connectivity index is 0.000000637. The van der Waals surface area contributed by atoms with Crippen LogP contribution in [0, 0.1) is 0 Å². The van der Waals surface area contributed by atoms with Crippen molar-refractivity contribution in [1.29, 1.82) is 0 Å². The molecule has 0 spiro atoms. The normalized spacial score (nSPS) is 10.0. The Hall–Kier alpha value is -2.09. The van der Waals surface area contributed by atoms with Gasteiger partial charge >= 0.3 is 0 Å². The second-order valence-corrected chi connectivity index (χ2v) is 4.20. The number of H-pyrrole nitrogens is 1. The standard InChI is InChI=1S/C15H14N2.C2H6/c1-2-6-12(7-3-1)10-11-15-13-8-4-5-9-14(13)16-17-15;1-2/h1-9H,10-11H2,(H,16,17);1-2H3. The smallest absolute Gasteiger partial charge is 0.0923 e. The van der Waals surface area contributed by atoms with Crippen LogP contribution in [0.15, 0.2) is 54.6 Å². The zero-order valence-electron chi connectivity index (χ0n) is 11.6. The molecule has 2 nitrogen and oxygen atoms in total. The average Bonchev–Trinajstić information content (AvgIpc) is 2.92. The lowest BCUT2D eigenvalue weighted by atomic mass is 10.1. The molecule has 0 aliphatic heterocycles. The van der Waals surface area contributed by atoms with Gasteiger partial charge < -0.3 is 0 Å². The molecule has 2 heteroatoms. The Morgan fingerprint density at radius 3 is 2.32 bits per heavy atom. The number of nitrogens with zero attached hydrogens (tertiary/aromatic N) is 1. The average molecular weight is 252 g/mol. The summed E-state index contributed by atoms with van der Waals surface area (Å²) in [5, 5.41) is 8.68. The first-order valence-corrected chi connectivity index (χ1v) is 6.89. The molecule has 3 rings (SSSR count). The van der Waals surface area contributed by atoms with Gasteiger partial charge in [-0.2, -0.15) is 5.10 Å². The van der Waals surface area contributed by atoms with Crippen molar-refractivity contribution in [2.45, 2.75) is 26.7 Å². The van der Waals surface area contributed by atoms with Crippen LogP contribution in [0.3, 0.4) is 0 Å². The molecular weight excluding hydrogens is 232 g/mol. The summed E-state index contributed by atoms with van der Waals surface area (Å²) in [7, 11) is 0. The monoisotopic (exact) mass is 252 g/mol. The molecule has 0 saturated heterocycles. The van der Waals surface area contributed by atoms with E-state index in [1.54, 1.807) is 0 Å². The van der Waals surface area contributed by atoms with Crippen molar-refractivity contribution < 1.29 is 0 Å². The van der Waals surface area contributed by atoms with Crippen molar-refractivity contribution in [3.63, 3.8) is 0 Å². The molecule has 0 aliphatic carbocycles. The first-order chi connectivity index (χ1) is 9.43. The molecule has 0 bridgehead atoms. The Kier molecular flexibility index (Phi) is 4.73. The van der Waals surface area contributed by atoms with E-state index in [-0.39, 0.29) is 0 Å². The summed E-state index contributed by atoms with van der Waals surface area (Å²) in [5.74, 6) is 0. The van der Waals surface area contributed by atoms with Crippen LogP contribution in [-0.4, -0.2) is 10.2 Å². The van der Waals surface area contributed by atoms with Gasteiger partial charge in [0, 0.05) is 11.1 Å². The van der Waals surface area contributed by atoms with Crippen molar-refractivity contribution >= 4 is 10.9 Å². The minimum absolute atomic E-state index is 1.00. The van der Waals surface area contributed by atoms with Gasteiger partial charge in [0.2, 0.25) is 0 Å². The molecule has 1 heterocycles. The summed E-state index contributed by atoms with van der Waals surface area (Å²) in [5.41, 5.74) is 3.64. The van der Waals surface area contributed by atoms with Crippen molar-refractivity contribution in [2.75, 3.05) is 0 Å². The molecule has 0 saturated carbocycles. The topological polar surface area (TPSA) is 28.7 Å². The van der Waals surface area contributed by atoms with E-state index >= 15 is 0 Å². The maximum atomic E-state index is 4.31. The van der Waals surface area contributed by atoms with Crippen molar-refractivity contribution in [3.8, 4) is 0 Å². The minimum atomic E-state index is 1.00. The van der Waals surface area contributed by atoms with Crippen LogP contribution in [-0.2, 0) is 12.8 Å². The van der Waals surface area contributed by atoms with Gasteiger partial charge in [-0.15, -0.1) is 0 Å². The van der Waals surface area contributed by atoms with E-state index in [1.165, 1.54) is 16.6 Å². The number of benzene rings is 2. The molecule has 2 aromatic carbocycles. The molecule has 98 valence electrons. The Morgan fingerprint density at radius 2 is 1.53 bits per heavy atom. The van der Waals surface area contributed by atoms with Crippen LogP contribution >= 0.6 is 0 Å². The third-order valence-electron chi connectivity index (χ3n) is 3.05. The number of aryl methyl sites for hydroxylation is 2. The first kappa shape index (κ1) is 13.3. The second kappa shape index (κ2) is 6.74. The van der Waals surface area contributed by atoms with Gasteiger partial charge in [0.1, 0.15) is 0 Å². The summed E-state index contributed by atoms with van der Waals surface area (Å²) in [6, 6.07) is 18.8. The number of rotatable bonds is 3. The number of hydrogen-bond donors (Lipinski definition) is 1. The van der Waals surface area contributed by atoms with Crippen LogP contribution in [0.1, 0.15) is 25.1 Å². The van der Waals surface area contributed by atoms with Gasteiger partial charge in [-0.05, 0) is 24.5 Å². The highest BCUT2D eigenvalue weighted by molar-refractivity contribution is 5.81. The molecule has 0 aliphatic rings. The minimum Gasteiger partial charge on any atom is -0.281 e. The zero-order chi connectivity index (χ0) is 13.5. The van der Waals surface area contributed by atoms with Crippen molar-refractivity contribution in [2.24, 2.45) is 0 Å². The van der Waals surface area contributed by atoms with E-state index in [0.717, 1.165) is 18.4 Å². The lowest BCUT2D eigenvalue weighted by molar-refractivity contribution is 0.901. The number of hydrogen-bond acceptors (Lipinski definition) is 1. The molecule has 19 heavy (non-hydrogen) atoms. The number of aromatic nitrogens is 2. The highest BCUT2D eigenvalue weighted by Gasteiger charge is 2.03. The van der Waals surface area contributed by atoms with Crippen LogP contribution in [0.25, 0.3) is 10.9 Å². The molecular formula is C17H20N2. The summed E-state index contributed by atoms with van der Waals surface area (Å²) in [4.78, 5) is 0. The second-order valence-electron chi connectivity index (χ2n) is 4.20. The number of aromatic amines is 1. The molecule has 0 unspecified atom stereocenters. The Bertz CT molecular complexity index is 611. The van der Waals surface area contributed by atoms with Gasteiger partial charge in [-0.1, -0.05) is 62.4 Å². The highest BCUT2D eigenvalue weighted by Crippen LogP contribution is 2.16. The van der Waals surface area contributed by atoms with E-state index in [1.807, 2.05) is 26.0 Å². The van der Waals surface area contributed by atoms with Gasteiger partial charge in [-0.25, -0.2) is 0 Å². The largest absolute Gasteiger partial charge is 0.281 e. The van der Waals surface area contributed by atoms with Gasteiger partial charge in [0.15, 0.2) is 0 Å². The van der Waals surface area contributed by atoms with Crippen molar-refractivity contribution in [1.82, 2.24) is 10.2 Å². The summed E-state index contributed by atoms with van der Waals surface area (Å²) < 4.78 is 0. The van der Waals surface area contributed by atoms with Crippen LogP contribution in [0.2, 0.25) is 0 Å². The van der Waals surface area contributed by atoms with Crippen molar-refractivity contribution in [3.05, 3.63) is 65.9 Å². The van der Waals surface area contributed by atoms with Gasteiger partial charge in [0.25, 0.3) is 0 Å². The lowest BCUT2D eigenvalue weighted by Gasteiger charge is -1.99. The van der Waals surface area contributed by atoms with E-state index in [2.05, 4.69) is 52.7 Å². The SMILES string of the molecule is CC.c1ccc(CCc2[nH]nc3ccccc23)cc1. The maximum Gasteiger partial charge on any atom is 0.0923 e.